The van der Waals surface area contributed by atoms with E-state index in [0.29, 0.717) is 12.5 Å². The zero-order valence-corrected chi connectivity index (χ0v) is 15.1. The Morgan fingerprint density at radius 2 is 2.16 bits per heavy atom. The summed E-state index contributed by atoms with van der Waals surface area (Å²) in [5.41, 5.74) is 5.06. The first kappa shape index (κ1) is 16.4. The highest BCUT2D eigenvalue weighted by Gasteiger charge is 2.35. The van der Waals surface area contributed by atoms with Crippen LogP contribution in [0.25, 0.3) is 0 Å². The summed E-state index contributed by atoms with van der Waals surface area (Å²) in [4.78, 5) is 16.1. The van der Waals surface area contributed by atoms with Crippen LogP contribution in [0.5, 0.6) is 0 Å². The Morgan fingerprint density at radius 1 is 1.36 bits per heavy atom. The van der Waals surface area contributed by atoms with Gasteiger partial charge in [0.05, 0.1) is 17.3 Å². The Bertz CT molecular complexity index is 787. The van der Waals surface area contributed by atoms with Crippen molar-refractivity contribution in [1.29, 1.82) is 0 Å². The van der Waals surface area contributed by atoms with Crippen molar-refractivity contribution < 1.29 is 9.53 Å². The lowest BCUT2D eigenvalue weighted by atomic mass is 9.81. The molecule has 25 heavy (non-hydrogen) atoms. The monoisotopic (exact) mass is 342 g/mol. The van der Waals surface area contributed by atoms with Crippen molar-refractivity contribution in [2.24, 2.45) is 7.05 Å². The number of hydrogen-bond donors (Lipinski definition) is 2. The Kier molecular flexibility index (Phi) is 4.15. The van der Waals surface area contributed by atoms with E-state index in [0.717, 1.165) is 34.6 Å². The average Bonchev–Trinajstić information content (AvgIpc) is 3.20. The fourth-order valence-electron chi connectivity index (χ4n) is 4.08. The molecule has 2 N–H and O–H groups in total. The van der Waals surface area contributed by atoms with Gasteiger partial charge >= 0.3 is 0 Å². The van der Waals surface area contributed by atoms with Crippen LogP contribution in [0, 0.1) is 13.8 Å². The Labute approximate surface area is 147 Å². The van der Waals surface area contributed by atoms with Gasteiger partial charge in [-0.15, -0.1) is 0 Å². The number of carbonyl (C=O) groups excluding carboxylic acids is 1. The summed E-state index contributed by atoms with van der Waals surface area (Å²) in [6, 6.07) is 1.88. The van der Waals surface area contributed by atoms with Gasteiger partial charge in [-0.05, 0) is 45.1 Å². The number of hydrogen-bond acceptors (Lipinski definition) is 3. The molecule has 0 radical (unpaired) electrons. The summed E-state index contributed by atoms with van der Waals surface area (Å²) >= 11 is 0. The zero-order valence-electron chi connectivity index (χ0n) is 15.1. The molecule has 134 valence electrons. The maximum Gasteiger partial charge on any atom is 0.253 e. The second-order valence-electron chi connectivity index (χ2n) is 7.30. The van der Waals surface area contributed by atoms with Crippen molar-refractivity contribution in [3.8, 4) is 0 Å². The molecule has 1 saturated heterocycles. The van der Waals surface area contributed by atoms with Crippen LogP contribution in [0.2, 0.25) is 0 Å². The van der Waals surface area contributed by atoms with E-state index in [1.807, 2.05) is 30.9 Å². The van der Waals surface area contributed by atoms with Crippen LogP contribution < -0.4 is 5.32 Å². The molecule has 1 saturated carbocycles. The molecule has 4 rings (SSSR count). The van der Waals surface area contributed by atoms with Gasteiger partial charge in [0.15, 0.2) is 0 Å². The number of H-pyrrole nitrogens is 1. The molecule has 1 aliphatic heterocycles. The third-order valence-corrected chi connectivity index (χ3v) is 5.79. The number of aromatic amines is 1. The van der Waals surface area contributed by atoms with Gasteiger partial charge < -0.3 is 15.0 Å². The molecular formula is C19H26N4O2. The van der Waals surface area contributed by atoms with Crippen molar-refractivity contribution in [3.63, 3.8) is 0 Å². The zero-order chi connectivity index (χ0) is 17.6. The van der Waals surface area contributed by atoms with Gasteiger partial charge in [-0.25, -0.2) is 0 Å². The fraction of sp³-hybridized carbons (Fsp3) is 0.579. The molecule has 0 bridgehead atoms. The minimum absolute atomic E-state index is 0.00264. The number of aryl methyl sites for hydroxylation is 2. The maximum absolute atomic E-state index is 12.9. The van der Waals surface area contributed by atoms with E-state index in [-0.39, 0.29) is 18.1 Å². The number of ether oxygens (including phenoxy) is 1. The van der Waals surface area contributed by atoms with Crippen molar-refractivity contribution >= 4 is 5.91 Å². The third-order valence-electron chi connectivity index (χ3n) is 5.79. The first-order chi connectivity index (χ1) is 12.1. The molecule has 2 atom stereocenters. The van der Waals surface area contributed by atoms with Crippen LogP contribution in [0.15, 0.2) is 12.3 Å². The minimum atomic E-state index is -0.122. The van der Waals surface area contributed by atoms with Crippen molar-refractivity contribution in [2.45, 2.75) is 57.6 Å². The molecule has 0 unspecified atom stereocenters. The van der Waals surface area contributed by atoms with Crippen LogP contribution in [0.1, 0.15) is 70.7 Å². The minimum Gasteiger partial charge on any atom is -0.371 e. The topological polar surface area (TPSA) is 71.9 Å². The van der Waals surface area contributed by atoms with E-state index < -0.39 is 0 Å². The highest BCUT2D eigenvalue weighted by molar-refractivity contribution is 5.95. The fourth-order valence-corrected chi connectivity index (χ4v) is 4.08. The summed E-state index contributed by atoms with van der Waals surface area (Å²) in [7, 11) is 1.94. The highest BCUT2D eigenvalue weighted by atomic mass is 16.5. The lowest BCUT2D eigenvalue weighted by Crippen LogP contribution is -2.37. The summed E-state index contributed by atoms with van der Waals surface area (Å²) in [6.07, 6.45) is 6.17. The van der Waals surface area contributed by atoms with Crippen molar-refractivity contribution in [1.82, 2.24) is 20.1 Å². The van der Waals surface area contributed by atoms with E-state index in [9.17, 15) is 4.79 Å². The first-order valence-corrected chi connectivity index (χ1v) is 9.16. The Balaban J connectivity index is 1.53. The Morgan fingerprint density at radius 3 is 2.80 bits per heavy atom. The predicted octanol–water partition coefficient (Wildman–Crippen LogP) is 2.89. The average molecular weight is 342 g/mol. The van der Waals surface area contributed by atoms with Crippen LogP contribution in [-0.2, 0) is 11.8 Å². The molecule has 0 spiro atoms. The number of nitrogens with zero attached hydrogens (tertiary/aromatic N) is 2. The van der Waals surface area contributed by atoms with Gasteiger partial charge in [-0.3, -0.25) is 9.48 Å². The lowest BCUT2D eigenvalue weighted by Gasteiger charge is -2.26. The van der Waals surface area contributed by atoms with Crippen LogP contribution in [0.3, 0.4) is 0 Å². The number of nitrogens with one attached hydrogen (secondary N) is 2. The summed E-state index contributed by atoms with van der Waals surface area (Å²) < 4.78 is 7.86. The largest absolute Gasteiger partial charge is 0.371 e. The van der Waals surface area contributed by atoms with Gasteiger partial charge in [-0.1, -0.05) is 6.42 Å². The molecule has 2 aromatic rings. The highest BCUT2D eigenvalue weighted by Crippen LogP contribution is 2.37. The predicted molar refractivity (Wildman–Crippen MR) is 94.6 cm³/mol. The second-order valence-corrected chi connectivity index (χ2v) is 7.30. The van der Waals surface area contributed by atoms with Crippen molar-refractivity contribution in [2.75, 3.05) is 6.61 Å². The second kappa shape index (κ2) is 6.33. The number of amides is 1. The van der Waals surface area contributed by atoms with E-state index in [4.69, 9.17) is 4.74 Å². The van der Waals surface area contributed by atoms with Crippen LogP contribution >= 0.6 is 0 Å². The number of aromatic nitrogens is 3. The lowest BCUT2D eigenvalue weighted by molar-refractivity contribution is 0.0815. The normalized spacial score (nSPS) is 23.6. The van der Waals surface area contributed by atoms with Gasteiger partial charge in [0.25, 0.3) is 5.91 Å². The molecule has 1 aliphatic carbocycles. The summed E-state index contributed by atoms with van der Waals surface area (Å²) in [6.45, 7) is 4.71. The van der Waals surface area contributed by atoms with Gasteiger partial charge in [-0.2, -0.15) is 5.10 Å². The van der Waals surface area contributed by atoms with Gasteiger partial charge in [0, 0.05) is 36.8 Å². The van der Waals surface area contributed by atoms with Crippen LogP contribution in [0.4, 0.5) is 0 Å². The maximum atomic E-state index is 12.9. The molecule has 1 amide bonds. The Hall–Kier alpha value is -2.08. The third kappa shape index (κ3) is 2.78. The quantitative estimate of drug-likeness (QED) is 0.897. The van der Waals surface area contributed by atoms with Gasteiger partial charge in [0.2, 0.25) is 0 Å². The van der Waals surface area contributed by atoms with E-state index in [2.05, 4.69) is 22.3 Å². The number of carbonyl (C=O) groups is 1. The molecule has 6 heteroatoms. The smallest absolute Gasteiger partial charge is 0.253 e. The summed E-state index contributed by atoms with van der Waals surface area (Å²) in [5.74, 6) is 0.511. The first-order valence-electron chi connectivity index (χ1n) is 9.16. The summed E-state index contributed by atoms with van der Waals surface area (Å²) in [5, 5.41) is 7.71. The molecule has 2 aromatic heterocycles. The molecule has 2 aliphatic rings. The van der Waals surface area contributed by atoms with Crippen molar-refractivity contribution in [3.05, 3.63) is 40.5 Å². The van der Waals surface area contributed by atoms with E-state index >= 15 is 0 Å². The SMILES string of the molecule is Cc1nn(C)c(C)c1[C@H]1OCC[C@@H]1NC(=O)c1cc[nH]c1C1CCC1. The number of rotatable bonds is 4. The standard InChI is InChI=1S/C19H26N4O2/c1-11-16(12(2)23(3)22-11)18-15(8-10-25-18)21-19(24)14-7-9-20-17(14)13-5-4-6-13/h7,9,13,15,18,20H,4-6,8,10H2,1-3H3,(H,21,24)/t15-,18-/m0/s1. The molecule has 2 fully saturated rings. The van der Waals surface area contributed by atoms with Gasteiger partial charge in [0.1, 0.15) is 6.10 Å². The van der Waals surface area contributed by atoms with E-state index in [1.54, 1.807) is 0 Å². The van der Waals surface area contributed by atoms with E-state index in [1.165, 1.54) is 19.3 Å². The van der Waals surface area contributed by atoms with Crippen LogP contribution in [-0.4, -0.2) is 33.3 Å². The molecule has 3 heterocycles. The molecular weight excluding hydrogens is 316 g/mol. The molecule has 0 aromatic carbocycles. The molecule has 6 nitrogen and oxygen atoms in total.